The number of carbonyl (C=O) groups is 1. The predicted octanol–water partition coefficient (Wildman–Crippen LogP) is 2.33. The molecule has 4 nitrogen and oxygen atoms in total. The third-order valence-corrected chi connectivity index (χ3v) is 4.27. The molecule has 108 valence electrons. The summed E-state index contributed by atoms with van der Waals surface area (Å²) in [4.78, 5) is 12.3. The number of benzene rings is 1. The zero-order valence-corrected chi connectivity index (χ0v) is 11.7. The van der Waals surface area contributed by atoms with Gasteiger partial charge in [-0.2, -0.15) is 0 Å². The van der Waals surface area contributed by atoms with Crippen LogP contribution < -0.4 is 11.1 Å². The molecule has 4 heteroatoms. The molecule has 1 aliphatic carbocycles. The van der Waals surface area contributed by atoms with Crippen molar-refractivity contribution in [2.24, 2.45) is 0 Å². The lowest BCUT2D eigenvalue weighted by Gasteiger charge is -2.29. The van der Waals surface area contributed by atoms with Gasteiger partial charge in [-0.25, -0.2) is 0 Å². The van der Waals surface area contributed by atoms with Gasteiger partial charge in [-0.1, -0.05) is 6.07 Å². The van der Waals surface area contributed by atoms with Gasteiger partial charge in [0.1, 0.15) is 6.10 Å². The van der Waals surface area contributed by atoms with E-state index in [2.05, 4.69) is 11.4 Å². The number of amides is 1. The minimum atomic E-state index is -0.261. The Hall–Kier alpha value is -1.55. The molecule has 0 radical (unpaired) electrons. The minimum absolute atomic E-state index is 0.0411. The number of anilines is 1. The smallest absolute Gasteiger partial charge is 0.249 e. The van der Waals surface area contributed by atoms with Crippen LogP contribution in [0.1, 0.15) is 49.3 Å². The molecular formula is C16H22N2O2. The maximum Gasteiger partial charge on any atom is 0.249 e. The number of fused-ring (bicyclic) bond motifs is 1. The van der Waals surface area contributed by atoms with Crippen molar-refractivity contribution in [2.45, 2.75) is 50.7 Å². The molecule has 1 saturated heterocycles. The van der Waals surface area contributed by atoms with E-state index in [-0.39, 0.29) is 18.1 Å². The highest BCUT2D eigenvalue weighted by molar-refractivity contribution is 5.81. The van der Waals surface area contributed by atoms with Crippen LogP contribution in [0.2, 0.25) is 0 Å². The molecule has 0 aromatic heterocycles. The molecule has 2 atom stereocenters. The highest BCUT2D eigenvalue weighted by Crippen LogP contribution is 2.31. The van der Waals surface area contributed by atoms with Gasteiger partial charge in [-0.15, -0.1) is 0 Å². The van der Waals surface area contributed by atoms with Crippen molar-refractivity contribution in [2.75, 3.05) is 12.3 Å². The van der Waals surface area contributed by atoms with Crippen molar-refractivity contribution in [3.05, 3.63) is 29.3 Å². The lowest BCUT2D eigenvalue weighted by Crippen LogP contribution is -2.41. The molecule has 1 aromatic carbocycles. The first-order chi connectivity index (χ1) is 9.74. The quantitative estimate of drug-likeness (QED) is 0.814. The fourth-order valence-corrected chi connectivity index (χ4v) is 3.20. The number of nitrogen functional groups attached to an aromatic ring is 1. The number of hydrogen-bond acceptors (Lipinski definition) is 3. The van der Waals surface area contributed by atoms with Gasteiger partial charge < -0.3 is 15.8 Å². The molecule has 3 N–H and O–H groups in total. The highest BCUT2D eigenvalue weighted by atomic mass is 16.5. The Morgan fingerprint density at radius 2 is 2.15 bits per heavy atom. The zero-order chi connectivity index (χ0) is 13.9. The van der Waals surface area contributed by atoms with Crippen molar-refractivity contribution >= 4 is 11.6 Å². The van der Waals surface area contributed by atoms with Gasteiger partial charge in [0.25, 0.3) is 0 Å². The Balaban J connectivity index is 1.71. The largest absolute Gasteiger partial charge is 0.399 e. The number of nitrogens with two attached hydrogens (primary N) is 1. The summed E-state index contributed by atoms with van der Waals surface area (Å²) in [5, 5.41) is 3.16. The summed E-state index contributed by atoms with van der Waals surface area (Å²) in [6.45, 7) is 0.704. The summed E-state index contributed by atoms with van der Waals surface area (Å²) in [7, 11) is 0. The molecule has 2 aliphatic rings. The van der Waals surface area contributed by atoms with Gasteiger partial charge >= 0.3 is 0 Å². The molecular weight excluding hydrogens is 252 g/mol. The molecule has 3 rings (SSSR count). The fraction of sp³-hybridized carbons (Fsp3) is 0.562. The number of aryl methyl sites for hydroxylation is 1. The summed E-state index contributed by atoms with van der Waals surface area (Å²) in [5.41, 5.74) is 9.12. The molecule has 1 aliphatic heterocycles. The average Bonchev–Trinajstić information content (AvgIpc) is 2.48. The standard InChI is InChI=1S/C16H22N2O2/c17-12-7-8-13-11(10-12)4-3-5-14(13)18-16(19)15-6-1-2-9-20-15/h7-8,10,14-15H,1-6,9,17H2,(H,18,19). The van der Waals surface area contributed by atoms with Crippen molar-refractivity contribution in [1.82, 2.24) is 5.32 Å². The maximum absolute atomic E-state index is 12.3. The first-order valence-electron chi connectivity index (χ1n) is 7.54. The van der Waals surface area contributed by atoms with E-state index in [1.807, 2.05) is 12.1 Å². The molecule has 0 spiro atoms. The number of nitrogens with one attached hydrogen (secondary N) is 1. The molecule has 2 unspecified atom stereocenters. The summed E-state index contributed by atoms with van der Waals surface area (Å²) >= 11 is 0. The Morgan fingerprint density at radius 3 is 2.95 bits per heavy atom. The molecule has 1 fully saturated rings. The normalized spacial score (nSPS) is 25.8. The summed E-state index contributed by atoms with van der Waals surface area (Å²) in [6.07, 6.45) is 5.86. The van der Waals surface area contributed by atoms with Crippen LogP contribution >= 0.6 is 0 Å². The van der Waals surface area contributed by atoms with Crippen LogP contribution in [-0.2, 0) is 16.0 Å². The second-order valence-electron chi connectivity index (χ2n) is 5.77. The summed E-state index contributed by atoms with van der Waals surface area (Å²) in [6, 6.07) is 6.11. The number of hydrogen-bond donors (Lipinski definition) is 2. The van der Waals surface area contributed by atoms with Crippen LogP contribution in [0.5, 0.6) is 0 Å². The maximum atomic E-state index is 12.3. The molecule has 1 heterocycles. The van der Waals surface area contributed by atoms with E-state index < -0.39 is 0 Å². The third kappa shape index (κ3) is 2.80. The van der Waals surface area contributed by atoms with E-state index in [1.165, 1.54) is 11.1 Å². The van der Waals surface area contributed by atoms with Crippen molar-refractivity contribution in [3.63, 3.8) is 0 Å². The number of rotatable bonds is 2. The van der Waals surface area contributed by atoms with Crippen molar-refractivity contribution in [1.29, 1.82) is 0 Å². The number of carbonyl (C=O) groups excluding carboxylic acids is 1. The van der Waals surface area contributed by atoms with Gasteiger partial charge in [-0.3, -0.25) is 4.79 Å². The summed E-state index contributed by atoms with van der Waals surface area (Å²) in [5.74, 6) is 0.0411. The second-order valence-corrected chi connectivity index (χ2v) is 5.77. The SMILES string of the molecule is Nc1ccc2c(c1)CCCC2NC(=O)C1CCCCO1. The van der Waals surface area contributed by atoms with Crippen LogP contribution in [-0.4, -0.2) is 18.6 Å². The Bertz CT molecular complexity index is 495. The Kier molecular flexibility index (Phi) is 3.92. The lowest BCUT2D eigenvalue weighted by molar-refractivity contribution is -0.136. The van der Waals surface area contributed by atoms with E-state index in [9.17, 15) is 4.79 Å². The monoisotopic (exact) mass is 274 g/mol. The van der Waals surface area contributed by atoms with Crippen LogP contribution in [0.3, 0.4) is 0 Å². The van der Waals surface area contributed by atoms with E-state index in [1.54, 1.807) is 0 Å². The fourth-order valence-electron chi connectivity index (χ4n) is 3.20. The molecule has 20 heavy (non-hydrogen) atoms. The van der Waals surface area contributed by atoms with Gasteiger partial charge in [0.05, 0.1) is 6.04 Å². The average molecular weight is 274 g/mol. The van der Waals surface area contributed by atoms with Gasteiger partial charge in [0, 0.05) is 12.3 Å². The van der Waals surface area contributed by atoms with Crippen LogP contribution in [0.4, 0.5) is 5.69 Å². The van der Waals surface area contributed by atoms with E-state index in [4.69, 9.17) is 10.5 Å². The molecule has 0 bridgehead atoms. The molecule has 1 aromatic rings. The van der Waals surface area contributed by atoms with E-state index in [0.717, 1.165) is 44.2 Å². The molecule has 0 saturated carbocycles. The summed E-state index contributed by atoms with van der Waals surface area (Å²) < 4.78 is 5.56. The van der Waals surface area contributed by atoms with E-state index >= 15 is 0 Å². The van der Waals surface area contributed by atoms with Crippen LogP contribution in [0.15, 0.2) is 18.2 Å². The predicted molar refractivity (Wildman–Crippen MR) is 78.3 cm³/mol. The second kappa shape index (κ2) is 5.83. The third-order valence-electron chi connectivity index (χ3n) is 4.27. The van der Waals surface area contributed by atoms with E-state index in [0.29, 0.717) is 6.61 Å². The van der Waals surface area contributed by atoms with Crippen LogP contribution in [0, 0.1) is 0 Å². The minimum Gasteiger partial charge on any atom is -0.399 e. The topological polar surface area (TPSA) is 64.3 Å². The van der Waals surface area contributed by atoms with Crippen molar-refractivity contribution in [3.8, 4) is 0 Å². The Labute approximate surface area is 119 Å². The first kappa shape index (κ1) is 13.4. The van der Waals surface area contributed by atoms with Gasteiger partial charge in [-0.05, 0) is 61.8 Å². The first-order valence-corrected chi connectivity index (χ1v) is 7.54. The van der Waals surface area contributed by atoms with Crippen LogP contribution in [0.25, 0.3) is 0 Å². The molecule has 1 amide bonds. The van der Waals surface area contributed by atoms with Crippen molar-refractivity contribution < 1.29 is 9.53 Å². The Morgan fingerprint density at radius 1 is 1.25 bits per heavy atom. The van der Waals surface area contributed by atoms with Gasteiger partial charge in [0.15, 0.2) is 0 Å². The zero-order valence-electron chi connectivity index (χ0n) is 11.7. The lowest BCUT2D eigenvalue weighted by atomic mass is 9.87. The number of ether oxygens (including phenoxy) is 1. The highest BCUT2D eigenvalue weighted by Gasteiger charge is 2.27. The van der Waals surface area contributed by atoms with Gasteiger partial charge in [0.2, 0.25) is 5.91 Å².